The lowest BCUT2D eigenvalue weighted by molar-refractivity contribution is -0.126. The predicted octanol–water partition coefficient (Wildman–Crippen LogP) is 2.68. The molecule has 0 atom stereocenters. The molecule has 4 nitrogen and oxygen atoms in total. The lowest BCUT2D eigenvalue weighted by atomic mass is 10.2. The van der Waals surface area contributed by atoms with Crippen LogP contribution in [-0.2, 0) is 22.7 Å². The predicted molar refractivity (Wildman–Crippen MR) is 85.7 cm³/mol. The average molecular weight is 332 g/mol. The van der Waals surface area contributed by atoms with Gasteiger partial charge in [-0.2, -0.15) is 0 Å². The zero-order chi connectivity index (χ0) is 17.4. The Hall–Kier alpha value is -2.76. The summed E-state index contributed by atoms with van der Waals surface area (Å²) in [6.45, 7) is 0.576. The molecule has 2 aromatic carbocycles. The van der Waals surface area contributed by atoms with Gasteiger partial charge in [0.2, 0.25) is 11.8 Å². The number of hydrogen-bond donors (Lipinski definition) is 2. The maximum absolute atomic E-state index is 12.8. The Labute approximate surface area is 138 Å². The summed E-state index contributed by atoms with van der Waals surface area (Å²) in [6, 6.07) is 11.6. The first-order valence-electron chi connectivity index (χ1n) is 7.55. The summed E-state index contributed by atoms with van der Waals surface area (Å²) in [6.07, 6.45) is 0.132. The van der Waals surface area contributed by atoms with Crippen LogP contribution in [0, 0.1) is 11.6 Å². The van der Waals surface area contributed by atoms with Crippen LogP contribution in [0.15, 0.2) is 48.5 Å². The van der Waals surface area contributed by atoms with E-state index in [0.717, 1.165) is 11.1 Å². The minimum atomic E-state index is -0.331. The van der Waals surface area contributed by atoms with Crippen LogP contribution in [0.25, 0.3) is 0 Å². The van der Waals surface area contributed by atoms with Gasteiger partial charge in [-0.15, -0.1) is 0 Å². The summed E-state index contributed by atoms with van der Waals surface area (Å²) in [4.78, 5) is 23.4. The van der Waals surface area contributed by atoms with E-state index in [2.05, 4.69) is 10.6 Å². The zero-order valence-corrected chi connectivity index (χ0v) is 13.0. The number of rotatable bonds is 7. The number of carbonyl (C=O) groups excluding carboxylic acids is 2. The van der Waals surface area contributed by atoms with Gasteiger partial charge in [-0.05, 0) is 35.4 Å². The van der Waals surface area contributed by atoms with Crippen LogP contribution in [0.1, 0.15) is 24.0 Å². The normalized spacial score (nSPS) is 10.2. The van der Waals surface area contributed by atoms with Crippen LogP contribution < -0.4 is 10.6 Å². The molecule has 0 radical (unpaired) electrons. The maximum atomic E-state index is 12.8. The van der Waals surface area contributed by atoms with E-state index >= 15 is 0 Å². The van der Waals surface area contributed by atoms with E-state index in [1.165, 1.54) is 24.3 Å². The van der Waals surface area contributed by atoms with Gasteiger partial charge in [0.25, 0.3) is 0 Å². The van der Waals surface area contributed by atoms with E-state index in [1.54, 1.807) is 24.3 Å². The molecule has 2 N–H and O–H groups in total. The second kappa shape index (κ2) is 8.76. The topological polar surface area (TPSA) is 58.2 Å². The zero-order valence-electron chi connectivity index (χ0n) is 13.0. The first-order valence-corrected chi connectivity index (χ1v) is 7.55. The highest BCUT2D eigenvalue weighted by molar-refractivity contribution is 5.83. The molecular weight excluding hydrogens is 314 g/mol. The molecule has 0 spiro atoms. The summed E-state index contributed by atoms with van der Waals surface area (Å²) in [7, 11) is 0. The van der Waals surface area contributed by atoms with Crippen molar-refractivity contribution in [3.8, 4) is 0 Å². The van der Waals surface area contributed by atoms with Gasteiger partial charge < -0.3 is 10.6 Å². The molecule has 0 aliphatic heterocycles. The van der Waals surface area contributed by atoms with E-state index in [9.17, 15) is 18.4 Å². The summed E-state index contributed by atoms with van der Waals surface area (Å²) in [5, 5.41) is 5.34. The minimum absolute atomic E-state index is 0.0659. The van der Waals surface area contributed by atoms with Gasteiger partial charge in [0.05, 0.1) is 0 Å². The number of amides is 2. The quantitative estimate of drug-likeness (QED) is 0.819. The standard InChI is InChI=1S/C18H18F2N2O2/c19-15-5-1-13(2-6-15)11-21-17(23)9-10-18(24)22-12-14-3-7-16(20)8-4-14/h1-8H,9-12H2,(H,21,23)(H,22,24). The van der Waals surface area contributed by atoms with E-state index in [-0.39, 0.29) is 49.4 Å². The molecule has 0 heterocycles. The highest BCUT2D eigenvalue weighted by atomic mass is 19.1. The smallest absolute Gasteiger partial charge is 0.220 e. The van der Waals surface area contributed by atoms with Crippen molar-refractivity contribution >= 4 is 11.8 Å². The molecule has 0 aliphatic carbocycles. The SMILES string of the molecule is O=C(CCC(=O)NCc1ccc(F)cc1)NCc1ccc(F)cc1. The summed E-state index contributed by atoms with van der Waals surface area (Å²) in [5.74, 6) is -1.17. The summed E-state index contributed by atoms with van der Waals surface area (Å²) < 4.78 is 25.5. The summed E-state index contributed by atoms with van der Waals surface area (Å²) in [5.41, 5.74) is 1.57. The lowest BCUT2D eigenvalue weighted by Crippen LogP contribution is -2.27. The van der Waals surface area contributed by atoms with Crippen molar-refractivity contribution in [2.45, 2.75) is 25.9 Å². The Morgan fingerprint density at radius 1 is 0.667 bits per heavy atom. The Morgan fingerprint density at radius 2 is 1.00 bits per heavy atom. The highest BCUT2D eigenvalue weighted by Gasteiger charge is 2.07. The number of halogens is 2. The molecule has 2 rings (SSSR count). The Bertz CT molecular complexity index is 624. The molecule has 0 aromatic heterocycles. The third-order valence-electron chi connectivity index (χ3n) is 3.39. The van der Waals surface area contributed by atoms with Gasteiger partial charge in [-0.3, -0.25) is 9.59 Å². The minimum Gasteiger partial charge on any atom is -0.352 e. The van der Waals surface area contributed by atoms with E-state index < -0.39 is 0 Å². The van der Waals surface area contributed by atoms with Crippen molar-refractivity contribution in [3.05, 3.63) is 71.3 Å². The first-order chi connectivity index (χ1) is 11.5. The largest absolute Gasteiger partial charge is 0.352 e. The maximum Gasteiger partial charge on any atom is 0.220 e. The third kappa shape index (κ3) is 6.16. The fourth-order valence-electron chi connectivity index (χ4n) is 2.01. The number of carbonyl (C=O) groups is 2. The van der Waals surface area contributed by atoms with Crippen molar-refractivity contribution in [2.75, 3.05) is 0 Å². The Balaban J connectivity index is 1.64. The van der Waals surface area contributed by atoms with Crippen molar-refractivity contribution < 1.29 is 18.4 Å². The monoisotopic (exact) mass is 332 g/mol. The summed E-state index contributed by atoms with van der Waals surface area (Å²) >= 11 is 0. The molecule has 0 unspecified atom stereocenters. The van der Waals surface area contributed by atoms with Crippen molar-refractivity contribution in [3.63, 3.8) is 0 Å². The third-order valence-corrected chi connectivity index (χ3v) is 3.39. The van der Waals surface area contributed by atoms with Gasteiger partial charge in [-0.25, -0.2) is 8.78 Å². The van der Waals surface area contributed by atoms with Gasteiger partial charge >= 0.3 is 0 Å². The van der Waals surface area contributed by atoms with Crippen LogP contribution >= 0.6 is 0 Å². The molecule has 6 heteroatoms. The molecule has 0 aliphatic rings. The number of nitrogens with one attached hydrogen (secondary N) is 2. The average Bonchev–Trinajstić information content (AvgIpc) is 2.59. The fourth-order valence-corrected chi connectivity index (χ4v) is 2.01. The molecule has 0 saturated heterocycles. The van der Waals surface area contributed by atoms with E-state index in [1.807, 2.05) is 0 Å². The van der Waals surface area contributed by atoms with Crippen LogP contribution in [0.4, 0.5) is 8.78 Å². The van der Waals surface area contributed by atoms with Crippen molar-refractivity contribution in [1.82, 2.24) is 10.6 Å². The van der Waals surface area contributed by atoms with E-state index in [4.69, 9.17) is 0 Å². The molecular formula is C18H18F2N2O2. The van der Waals surface area contributed by atoms with Crippen LogP contribution in [0.5, 0.6) is 0 Å². The van der Waals surface area contributed by atoms with Gasteiger partial charge in [0.15, 0.2) is 0 Å². The van der Waals surface area contributed by atoms with Crippen LogP contribution in [0.3, 0.4) is 0 Å². The molecule has 2 aromatic rings. The Kier molecular flexibility index (Phi) is 6.42. The van der Waals surface area contributed by atoms with Crippen LogP contribution in [0.2, 0.25) is 0 Å². The van der Waals surface area contributed by atoms with Gasteiger partial charge in [0, 0.05) is 25.9 Å². The second-order valence-electron chi connectivity index (χ2n) is 5.31. The lowest BCUT2D eigenvalue weighted by Gasteiger charge is -2.07. The number of benzene rings is 2. The highest BCUT2D eigenvalue weighted by Crippen LogP contribution is 2.03. The first kappa shape index (κ1) is 17.6. The van der Waals surface area contributed by atoms with Crippen molar-refractivity contribution in [2.24, 2.45) is 0 Å². The molecule has 24 heavy (non-hydrogen) atoms. The van der Waals surface area contributed by atoms with Crippen molar-refractivity contribution in [1.29, 1.82) is 0 Å². The second-order valence-corrected chi connectivity index (χ2v) is 5.31. The molecule has 0 saturated carbocycles. The number of hydrogen-bond acceptors (Lipinski definition) is 2. The Morgan fingerprint density at radius 3 is 1.33 bits per heavy atom. The molecule has 2 amide bonds. The van der Waals surface area contributed by atoms with Gasteiger partial charge in [0.1, 0.15) is 11.6 Å². The van der Waals surface area contributed by atoms with Gasteiger partial charge in [-0.1, -0.05) is 24.3 Å². The molecule has 126 valence electrons. The van der Waals surface area contributed by atoms with Crippen LogP contribution in [-0.4, -0.2) is 11.8 Å². The van der Waals surface area contributed by atoms with E-state index in [0.29, 0.717) is 0 Å². The fraction of sp³-hybridized carbons (Fsp3) is 0.222. The molecule has 0 bridgehead atoms. The molecule has 0 fully saturated rings.